The molecule has 88 valence electrons. The van der Waals surface area contributed by atoms with Crippen LogP contribution in [0.3, 0.4) is 0 Å². The Hall–Kier alpha value is -0.800. The van der Waals surface area contributed by atoms with Crippen LogP contribution in [-0.2, 0) is 6.61 Å². The van der Waals surface area contributed by atoms with Crippen LogP contribution in [0.2, 0.25) is 5.02 Å². The van der Waals surface area contributed by atoms with E-state index in [4.69, 9.17) is 21.4 Å². The van der Waals surface area contributed by atoms with Crippen LogP contribution in [0.15, 0.2) is 12.1 Å². The smallest absolute Gasteiger partial charge is 0.213 e. The minimum Gasteiger partial charge on any atom is -0.474 e. The van der Waals surface area contributed by atoms with Gasteiger partial charge in [-0.2, -0.15) is 0 Å². The number of ether oxygens (including phenoxy) is 1. The highest BCUT2D eigenvalue weighted by Gasteiger charge is 2.15. The maximum atomic E-state index is 9.05. The minimum atomic E-state index is -0.152. The van der Waals surface area contributed by atoms with Crippen molar-refractivity contribution in [3.8, 4) is 5.88 Å². The SMILES string of the molecule is OCc1nc(OC2CCCCC2)ccc1Cl. The molecule has 0 unspecified atom stereocenters. The maximum absolute atomic E-state index is 9.05. The molecule has 1 aromatic rings. The number of hydrogen-bond acceptors (Lipinski definition) is 3. The van der Waals surface area contributed by atoms with Crippen LogP contribution in [0.5, 0.6) is 5.88 Å². The van der Waals surface area contributed by atoms with Crippen LogP contribution in [0.25, 0.3) is 0 Å². The largest absolute Gasteiger partial charge is 0.474 e. The fraction of sp³-hybridized carbons (Fsp3) is 0.583. The third-order valence-corrected chi connectivity index (χ3v) is 3.23. The summed E-state index contributed by atoms with van der Waals surface area (Å²) in [6.07, 6.45) is 6.22. The number of pyridine rings is 1. The third kappa shape index (κ3) is 2.86. The number of rotatable bonds is 3. The average Bonchev–Trinajstić information content (AvgIpc) is 2.33. The molecule has 3 nitrogen and oxygen atoms in total. The lowest BCUT2D eigenvalue weighted by atomic mass is 9.98. The topological polar surface area (TPSA) is 42.4 Å². The zero-order valence-corrected chi connectivity index (χ0v) is 9.91. The van der Waals surface area contributed by atoms with Gasteiger partial charge in [0.25, 0.3) is 0 Å². The first-order chi connectivity index (χ1) is 7.79. The predicted molar refractivity (Wildman–Crippen MR) is 62.7 cm³/mol. The van der Waals surface area contributed by atoms with Crippen LogP contribution in [0.4, 0.5) is 0 Å². The van der Waals surface area contributed by atoms with Gasteiger partial charge in [-0.1, -0.05) is 18.0 Å². The Morgan fingerprint density at radius 1 is 1.31 bits per heavy atom. The van der Waals surface area contributed by atoms with Crippen LogP contribution >= 0.6 is 11.6 Å². The highest BCUT2D eigenvalue weighted by atomic mass is 35.5. The number of aliphatic hydroxyl groups is 1. The van der Waals surface area contributed by atoms with Gasteiger partial charge in [-0.15, -0.1) is 0 Å². The second-order valence-corrected chi connectivity index (χ2v) is 4.52. The molecule has 4 heteroatoms. The molecule has 0 spiro atoms. The maximum Gasteiger partial charge on any atom is 0.213 e. The first kappa shape index (κ1) is 11.7. The summed E-state index contributed by atoms with van der Waals surface area (Å²) in [6.45, 7) is -0.152. The van der Waals surface area contributed by atoms with Gasteiger partial charge >= 0.3 is 0 Å². The zero-order chi connectivity index (χ0) is 11.4. The molecule has 0 atom stereocenters. The first-order valence-corrected chi connectivity index (χ1v) is 6.10. The molecule has 1 aliphatic carbocycles. The molecule has 0 saturated heterocycles. The van der Waals surface area contributed by atoms with Gasteiger partial charge in [0.1, 0.15) is 6.10 Å². The average molecular weight is 242 g/mol. The van der Waals surface area contributed by atoms with E-state index in [9.17, 15) is 0 Å². The van der Waals surface area contributed by atoms with Crippen LogP contribution in [0, 0.1) is 0 Å². The molecule has 1 N–H and O–H groups in total. The van der Waals surface area contributed by atoms with Crippen molar-refractivity contribution >= 4 is 11.6 Å². The molecule has 1 saturated carbocycles. The summed E-state index contributed by atoms with van der Waals surface area (Å²) < 4.78 is 5.77. The van der Waals surface area contributed by atoms with Crippen LogP contribution in [-0.4, -0.2) is 16.2 Å². The number of aromatic nitrogens is 1. The quantitative estimate of drug-likeness (QED) is 0.885. The Morgan fingerprint density at radius 2 is 2.06 bits per heavy atom. The van der Waals surface area contributed by atoms with E-state index in [0.29, 0.717) is 16.6 Å². The highest BCUT2D eigenvalue weighted by Crippen LogP contribution is 2.24. The van der Waals surface area contributed by atoms with Crippen molar-refractivity contribution in [2.24, 2.45) is 0 Å². The predicted octanol–water partition coefficient (Wildman–Crippen LogP) is 2.94. The second-order valence-electron chi connectivity index (χ2n) is 4.11. The second kappa shape index (κ2) is 5.51. The van der Waals surface area contributed by atoms with E-state index >= 15 is 0 Å². The lowest BCUT2D eigenvalue weighted by Gasteiger charge is -2.22. The van der Waals surface area contributed by atoms with Crippen LogP contribution < -0.4 is 4.74 Å². The van der Waals surface area contributed by atoms with Gasteiger partial charge in [0, 0.05) is 6.07 Å². The zero-order valence-electron chi connectivity index (χ0n) is 9.16. The summed E-state index contributed by atoms with van der Waals surface area (Å²) in [5.41, 5.74) is 0.481. The summed E-state index contributed by atoms with van der Waals surface area (Å²) in [5.74, 6) is 0.570. The van der Waals surface area contributed by atoms with E-state index in [1.165, 1.54) is 19.3 Å². The molecule has 1 heterocycles. The highest BCUT2D eigenvalue weighted by molar-refractivity contribution is 6.31. The minimum absolute atomic E-state index is 0.152. The van der Waals surface area contributed by atoms with Crippen molar-refractivity contribution in [3.05, 3.63) is 22.8 Å². The molecule has 0 aromatic carbocycles. The van der Waals surface area contributed by atoms with Gasteiger partial charge < -0.3 is 9.84 Å². The molecule has 0 radical (unpaired) electrons. The number of aliphatic hydroxyl groups excluding tert-OH is 1. The van der Waals surface area contributed by atoms with Crippen LogP contribution in [0.1, 0.15) is 37.8 Å². The summed E-state index contributed by atoms with van der Waals surface area (Å²) >= 11 is 5.86. The van der Waals surface area contributed by atoms with Crippen molar-refractivity contribution in [3.63, 3.8) is 0 Å². The fourth-order valence-corrected chi connectivity index (χ4v) is 2.16. The van der Waals surface area contributed by atoms with Crippen molar-refractivity contribution in [1.82, 2.24) is 4.98 Å². The molecule has 0 amide bonds. The third-order valence-electron chi connectivity index (χ3n) is 2.88. The van der Waals surface area contributed by atoms with Gasteiger partial charge in [-0.05, 0) is 31.7 Å². The van der Waals surface area contributed by atoms with Crippen molar-refractivity contribution < 1.29 is 9.84 Å². The Bertz CT molecular complexity index is 351. The van der Waals surface area contributed by atoms with Gasteiger partial charge in [0.05, 0.1) is 17.3 Å². The Morgan fingerprint density at radius 3 is 2.75 bits per heavy atom. The molecule has 1 fully saturated rings. The van der Waals surface area contributed by atoms with Crippen molar-refractivity contribution in [1.29, 1.82) is 0 Å². The number of halogens is 1. The van der Waals surface area contributed by atoms with E-state index in [0.717, 1.165) is 12.8 Å². The van der Waals surface area contributed by atoms with Crippen molar-refractivity contribution in [2.45, 2.75) is 44.8 Å². The Labute approximate surface area is 100 Å². The number of hydrogen-bond donors (Lipinski definition) is 1. The summed E-state index contributed by atoms with van der Waals surface area (Å²) in [4.78, 5) is 4.18. The van der Waals surface area contributed by atoms with E-state index in [2.05, 4.69) is 4.98 Å². The molecule has 1 aliphatic rings. The summed E-state index contributed by atoms with van der Waals surface area (Å²) in [7, 11) is 0. The summed E-state index contributed by atoms with van der Waals surface area (Å²) in [5, 5.41) is 9.53. The molecule has 0 aliphatic heterocycles. The normalized spacial score (nSPS) is 17.4. The fourth-order valence-electron chi connectivity index (χ4n) is 1.99. The summed E-state index contributed by atoms with van der Waals surface area (Å²) in [6, 6.07) is 3.48. The molecule has 2 rings (SSSR count). The van der Waals surface area contributed by atoms with E-state index in [1.807, 2.05) is 0 Å². The van der Waals surface area contributed by atoms with E-state index in [1.54, 1.807) is 12.1 Å². The van der Waals surface area contributed by atoms with Crippen molar-refractivity contribution in [2.75, 3.05) is 0 Å². The molecule has 1 aromatic heterocycles. The Balaban J connectivity index is 2.03. The van der Waals surface area contributed by atoms with Gasteiger partial charge in [-0.25, -0.2) is 4.98 Å². The molecular weight excluding hydrogens is 226 g/mol. The molecular formula is C12H16ClNO2. The first-order valence-electron chi connectivity index (χ1n) is 5.72. The van der Waals surface area contributed by atoms with Gasteiger partial charge in [-0.3, -0.25) is 0 Å². The monoisotopic (exact) mass is 241 g/mol. The van der Waals surface area contributed by atoms with E-state index in [-0.39, 0.29) is 12.7 Å². The Kier molecular flexibility index (Phi) is 4.02. The van der Waals surface area contributed by atoms with Gasteiger partial charge in [0.2, 0.25) is 5.88 Å². The number of nitrogens with zero attached hydrogens (tertiary/aromatic N) is 1. The lowest BCUT2D eigenvalue weighted by Crippen LogP contribution is -2.20. The van der Waals surface area contributed by atoms with E-state index < -0.39 is 0 Å². The van der Waals surface area contributed by atoms with Gasteiger partial charge in [0.15, 0.2) is 0 Å². The lowest BCUT2D eigenvalue weighted by molar-refractivity contribution is 0.147. The molecule has 16 heavy (non-hydrogen) atoms. The standard InChI is InChI=1S/C12H16ClNO2/c13-10-6-7-12(14-11(10)8-15)16-9-4-2-1-3-5-9/h6-7,9,15H,1-5,8H2. The molecule has 0 bridgehead atoms.